The number of benzene rings is 1. The first-order chi connectivity index (χ1) is 17.5. The van der Waals surface area contributed by atoms with Crippen molar-refractivity contribution in [2.45, 2.75) is 54.0 Å². The van der Waals surface area contributed by atoms with Gasteiger partial charge in [-0.05, 0) is 67.9 Å². The zero-order chi connectivity index (χ0) is 27.7. The van der Waals surface area contributed by atoms with Crippen molar-refractivity contribution in [1.82, 2.24) is 15.1 Å². The van der Waals surface area contributed by atoms with E-state index < -0.39 is 5.91 Å². The van der Waals surface area contributed by atoms with Crippen LogP contribution in [0.3, 0.4) is 0 Å². The molecule has 37 heavy (non-hydrogen) atoms. The molecule has 6 heteroatoms. The van der Waals surface area contributed by atoms with Crippen LogP contribution in [-0.4, -0.2) is 28.1 Å². The lowest BCUT2D eigenvalue weighted by molar-refractivity contribution is -0.119. The molecule has 1 aromatic carbocycles. The van der Waals surface area contributed by atoms with Crippen molar-refractivity contribution in [2.75, 3.05) is 6.54 Å². The number of aryl methyl sites for hydroxylation is 1. The van der Waals surface area contributed by atoms with Crippen LogP contribution in [0.4, 0.5) is 0 Å². The molecule has 1 heterocycles. The molecule has 0 fully saturated rings. The molecular formula is C31H40N4O2. The van der Waals surface area contributed by atoms with Crippen molar-refractivity contribution in [3.8, 4) is 0 Å². The Hall–Kier alpha value is -3.93. The molecule has 6 nitrogen and oxygen atoms in total. The zero-order valence-electron chi connectivity index (χ0n) is 23.0. The Bertz CT molecular complexity index is 1240. The summed E-state index contributed by atoms with van der Waals surface area (Å²) in [5, 5.41) is 7.30. The number of allylic oxidation sites excluding steroid dienone is 5. The Morgan fingerprint density at radius 2 is 1.78 bits per heavy atom. The summed E-state index contributed by atoms with van der Waals surface area (Å²) in [6.45, 7) is 20.6. The molecule has 2 aromatic rings. The average molecular weight is 501 g/mol. The van der Waals surface area contributed by atoms with Crippen molar-refractivity contribution in [2.24, 2.45) is 11.7 Å². The van der Waals surface area contributed by atoms with E-state index in [1.807, 2.05) is 26.1 Å². The van der Waals surface area contributed by atoms with Crippen LogP contribution >= 0.6 is 0 Å². The molecule has 2 rings (SSSR count). The molecule has 2 atom stereocenters. The van der Waals surface area contributed by atoms with Crippen molar-refractivity contribution >= 4 is 17.4 Å². The molecule has 0 aliphatic rings. The number of hydrogen-bond acceptors (Lipinski definition) is 3. The Morgan fingerprint density at radius 3 is 2.32 bits per heavy atom. The lowest BCUT2D eigenvalue weighted by atomic mass is 9.78. The van der Waals surface area contributed by atoms with Gasteiger partial charge in [-0.2, -0.15) is 5.10 Å². The first kappa shape index (κ1) is 29.3. The lowest BCUT2D eigenvalue weighted by Crippen LogP contribution is -2.25. The van der Waals surface area contributed by atoms with E-state index in [2.05, 4.69) is 75.5 Å². The second-order valence-corrected chi connectivity index (χ2v) is 9.66. The monoisotopic (exact) mass is 500 g/mol. The molecule has 2 unspecified atom stereocenters. The first-order valence-electron chi connectivity index (χ1n) is 12.5. The van der Waals surface area contributed by atoms with E-state index in [0.29, 0.717) is 6.54 Å². The number of carbonyl (C=O) groups excluding carboxylic acids is 2. The highest BCUT2D eigenvalue weighted by Crippen LogP contribution is 2.39. The summed E-state index contributed by atoms with van der Waals surface area (Å²) in [7, 11) is 0. The third kappa shape index (κ3) is 7.78. The molecule has 2 amide bonds. The maximum absolute atomic E-state index is 12.1. The zero-order valence-corrected chi connectivity index (χ0v) is 23.0. The molecule has 0 radical (unpaired) electrons. The standard InChI is InChI=1S/C31H40N4O2/c1-9-11-27(26-16-34-35(18-26)19-29(32)36)31(28(20(3)4)17-33-30(37)10-2)24(8)22(6)23(7)25-14-12-21(5)13-15-25/h9-16,18,22-23H,1-2,17,19H2,3-8H3,(H2,32,36)(H,33,37)/b27-11-,31-24-. The molecule has 0 bridgehead atoms. The van der Waals surface area contributed by atoms with Crippen molar-refractivity contribution in [1.29, 1.82) is 0 Å². The Labute approximate surface area is 221 Å². The van der Waals surface area contributed by atoms with Crippen LogP contribution in [-0.2, 0) is 16.1 Å². The fraction of sp³-hybridized carbons (Fsp3) is 0.323. The van der Waals surface area contributed by atoms with E-state index in [1.165, 1.54) is 27.5 Å². The second-order valence-electron chi connectivity index (χ2n) is 9.66. The molecule has 3 N–H and O–H groups in total. The maximum Gasteiger partial charge on any atom is 0.243 e. The number of carbonyl (C=O) groups is 2. The smallest absolute Gasteiger partial charge is 0.243 e. The van der Waals surface area contributed by atoms with Gasteiger partial charge < -0.3 is 11.1 Å². The molecule has 1 aromatic heterocycles. The second kappa shape index (κ2) is 13.4. The summed E-state index contributed by atoms with van der Waals surface area (Å²) >= 11 is 0. The van der Waals surface area contributed by atoms with Crippen LogP contribution in [0.2, 0.25) is 0 Å². The molecule has 0 saturated heterocycles. The van der Waals surface area contributed by atoms with Gasteiger partial charge in [0.15, 0.2) is 0 Å². The maximum atomic E-state index is 12.1. The number of primary amides is 1. The van der Waals surface area contributed by atoms with Gasteiger partial charge in [-0.15, -0.1) is 0 Å². The van der Waals surface area contributed by atoms with Crippen LogP contribution in [0, 0.1) is 12.8 Å². The first-order valence-corrected chi connectivity index (χ1v) is 12.5. The highest BCUT2D eigenvalue weighted by Gasteiger charge is 2.24. The average Bonchev–Trinajstić information content (AvgIpc) is 3.31. The number of nitrogens with two attached hydrogens (primary N) is 1. The van der Waals surface area contributed by atoms with Crippen molar-refractivity contribution in [3.63, 3.8) is 0 Å². The molecule has 0 aliphatic heterocycles. The van der Waals surface area contributed by atoms with Crippen LogP contribution in [0.25, 0.3) is 5.57 Å². The van der Waals surface area contributed by atoms with Gasteiger partial charge in [0.1, 0.15) is 6.54 Å². The fourth-order valence-corrected chi connectivity index (χ4v) is 4.33. The van der Waals surface area contributed by atoms with Gasteiger partial charge in [-0.3, -0.25) is 14.3 Å². The fourth-order valence-electron chi connectivity index (χ4n) is 4.33. The number of nitrogens with zero attached hydrogens (tertiary/aromatic N) is 2. The van der Waals surface area contributed by atoms with Gasteiger partial charge in [0, 0.05) is 18.3 Å². The van der Waals surface area contributed by atoms with Gasteiger partial charge in [0.05, 0.1) is 6.20 Å². The summed E-state index contributed by atoms with van der Waals surface area (Å²) < 4.78 is 1.53. The van der Waals surface area contributed by atoms with Crippen molar-refractivity contribution < 1.29 is 9.59 Å². The summed E-state index contributed by atoms with van der Waals surface area (Å²) in [5.41, 5.74) is 13.9. The van der Waals surface area contributed by atoms with Gasteiger partial charge in [-0.1, -0.05) is 80.1 Å². The SMILES string of the molecule is C=C/C=C(\C(C(CNC(=O)C=C)=C(C)C)=C(/C)C(C)C(C)c1ccc(C)cc1)c1cnn(CC(N)=O)c1. The van der Waals surface area contributed by atoms with Crippen molar-refractivity contribution in [3.05, 3.63) is 107 Å². The Morgan fingerprint density at radius 1 is 1.14 bits per heavy atom. The predicted octanol–water partition coefficient (Wildman–Crippen LogP) is 5.64. The number of amides is 2. The molecular weight excluding hydrogens is 460 g/mol. The van der Waals surface area contributed by atoms with Crippen LogP contribution in [0.1, 0.15) is 57.2 Å². The predicted molar refractivity (Wildman–Crippen MR) is 153 cm³/mol. The molecule has 0 saturated carbocycles. The van der Waals surface area contributed by atoms with Gasteiger partial charge in [-0.25, -0.2) is 0 Å². The molecule has 196 valence electrons. The minimum atomic E-state index is -0.464. The third-order valence-electron chi connectivity index (χ3n) is 6.78. The molecule has 0 aliphatic carbocycles. The van der Waals surface area contributed by atoms with Crippen LogP contribution in [0.5, 0.6) is 0 Å². The lowest BCUT2D eigenvalue weighted by Gasteiger charge is -2.27. The Balaban J connectivity index is 2.73. The number of hydrogen-bond donors (Lipinski definition) is 2. The largest absolute Gasteiger partial charge is 0.368 e. The van der Waals surface area contributed by atoms with Gasteiger partial charge >= 0.3 is 0 Å². The number of rotatable bonds is 12. The number of aromatic nitrogens is 2. The van der Waals surface area contributed by atoms with E-state index >= 15 is 0 Å². The minimum Gasteiger partial charge on any atom is -0.368 e. The third-order valence-corrected chi connectivity index (χ3v) is 6.78. The summed E-state index contributed by atoms with van der Waals surface area (Å²) in [6.07, 6.45) is 8.51. The highest BCUT2D eigenvalue weighted by molar-refractivity contribution is 5.89. The van der Waals surface area contributed by atoms with Gasteiger partial charge in [0.2, 0.25) is 11.8 Å². The minimum absolute atomic E-state index is 0.00878. The molecule has 0 spiro atoms. The van der Waals surface area contributed by atoms with Crippen LogP contribution in [0.15, 0.2) is 90.3 Å². The van der Waals surface area contributed by atoms with E-state index in [9.17, 15) is 9.59 Å². The Kier molecular flexibility index (Phi) is 10.6. The summed E-state index contributed by atoms with van der Waals surface area (Å²) in [4.78, 5) is 23.6. The summed E-state index contributed by atoms with van der Waals surface area (Å²) in [6, 6.07) is 8.65. The van der Waals surface area contributed by atoms with E-state index in [-0.39, 0.29) is 24.3 Å². The van der Waals surface area contributed by atoms with E-state index in [4.69, 9.17) is 5.73 Å². The highest BCUT2D eigenvalue weighted by atomic mass is 16.1. The normalized spacial score (nSPS) is 13.7. The topological polar surface area (TPSA) is 90.0 Å². The van der Waals surface area contributed by atoms with Crippen LogP contribution < -0.4 is 11.1 Å². The quantitative estimate of drug-likeness (QED) is 0.292. The van der Waals surface area contributed by atoms with Gasteiger partial charge in [0.25, 0.3) is 0 Å². The summed E-state index contributed by atoms with van der Waals surface area (Å²) in [5.74, 6) is -0.274. The van der Waals surface area contributed by atoms with E-state index in [0.717, 1.165) is 27.9 Å². The van der Waals surface area contributed by atoms with E-state index in [1.54, 1.807) is 12.3 Å². The number of nitrogens with one attached hydrogen (secondary N) is 1.